The summed E-state index contributed by atoms with van der Waals surface area (Å²) in [5.74, 6) is 0.609. The number of carbonyl (C=O) groups is 1. The summed E-state index contributed by atoms with van der Waals surface area (Å²) < 4.78 is 9.14. The fraction of sp³-hybridized carbons (Fsp3) is 0.200. The lowest BCUT2D eigenvalue weighted by atomic mass is 10.1. The second kappa shape index (κ2) is 6.68. The highest BCUT2D eigenvalue weighted by molar-refractivity contribution is 5.95. The second-order valence-electron chi connectivity index (χ2n) is 6.55. The Balaban J connectivity index is 1.58. The number of aromatic nitrogens is 4. The van der Waals surface area contributed by atoms with E-state index in [4.69, 9.17) is 4.52 Å². The molecule has 0 saturated heterocycles. The molecule has 4 aromatic heterocycles. The Kier molecular flexibility index (Phi) is 4.19. The Morgan fingerprint density at radius 2 is 2.19 bits per heavy atom. The van der Waals surface area contributed by atoms with Gasteiger partial charge < -0.3 is 9.84 Å². The molecule has 0 aliphatic heterocycles. The second-order valence-corrected chi connectivity index (χ2v) is 6.55. The highest BCUT2D eigenvalue weighted by atomic mass is 16.5. The molecule has 0 bridgehead atoms. The number of aryl methyl sites for hydroxylation is 3. The molecule has 0 unspecified atom stereocenters. The van der Waals surface area contributed by atoms with Crippen molar-refractivity contribution in [2.75, 3.05) is 0 Å². The lowest BCUT2D eigenvalue weighted by Gasteiger charge is -2.06. The number of rotatable bonds is 4. The van der Waals surface area contributed by atoms with Crippen LogP contribution in [0.4, 0.5) is 0 Å². The van der Waals surface area contributed by atoms with Gasteiger partial charge in [0.05, 0.1) is 23.1 Å². The van der Waals surface area contributed by atoms with Gasteiger partial charge in [-0.3, -0.25) is 9.20 Å². The van der Waals surface area contributed by atoms with E-state index in [2.05, 4.69) is 15.5 Å². The minimum Gasteiger partial charge on any atom is -0.361 e. The molecule has 0 aliphatic carbocycles. The van der Waals surface area contributed by atoms with Gasteiger partial charge in [0.25, 0.3) is 5.91 Å². The molecule has 136 valence electrons. The smallest absolute Gasteiger partial charge is 0.251 e. The van der Waals surface area contributed by atoms with Gasteiger partial charge in [-0.25, -0.2) is 9.55 Å². The van der Waals surface area contributed by atoms with Crippen LogP contribution < -0.4 is 9.88 Å². The molecule has 7 nitrogen and oxygen atoms in total. The fourth-order valence-electron chi connectivity index (χ4n) is 3.19. The molecular formula is C20H20N5O2+. The number of fused-ring (bicyclic) bond motifs is 1. The van der Waals surface area contributed by atoms with Crippen LogP contribution in [0.1, 0.15) is 27.4 Å². The molecule has 1 amide bonds. The van der Waals surface area contributed by atoms with Gasteiger partial charge in [0.1, 0.15) is 18.5 Å². The first-order chi connectivity index (χ1) is 13.0. The molecule has 4 heterocycles. The lowest BCUT2D eigenvalue weighted by molar-refractivity contribution is -0.671. The molecule has 4 rings (SSSR count). The van der Waals surface area contributed by atoms with E-state index in [9.17, 15) is 4.79 Å². The van der Waals surface area contributed by atoms with Crippen LogP contribution in [-0.4, -0.2) is 20.4 Å². The van der Waals surface area contributed by atoms with Crippen molar-refractivity contribution in [2.24, 2.45) is 7.05 Å². The zero-order chi connectivity index (χ0) is 19.0. The molecule has 0 spiro atoms. The molecular weight excluding hydrogens is 342 g/mol. The van der Waals surface area contributed by atoms with Crippen LogP contribution in [0.5, 0.6) is 0 Å². The average molecular weight is 362 g/mol. The van der Waals surface area contributed by atoms with Crippen molar-refractivity contribution in [3.63, 3.8) is 0 Å². The SMILES string of the molecule is Cc1noc(C)c1-c1cnc2cc(C(=O)NCc3ccc[n+](C)c3)ccn12. The summed E-state index contributed by atoms with van der Waals surface area (Å²) in [6.07, 6.45) is 7.55. The van der Waals surface area contributed by atoms with E-state index in [-0.39, 0.29) is 5.91 Å². The Bertz CT molecular complexity index is 1120. The van der Waals surface area contributed by atoms with Crippen LogP contribution in [0, 0.1) is 13.8 Å². The predicted octanol–water partition coefficient (Wildman–Crippen LogP) is 2.36. The molecule has 27 heavy (non-hydrogen) atoms. The molecule has 0 aliphatic rings. The van der Waals surface area contributed by atoms with E-state index >= 15 is 0 Å². The zero-order valence-corrected chi connectivity index (χ0v) is 15.4. The summed E-state index contributed by atoms with van der Waals surface area (Å²) in [6, 6.07) is 7.50. The van der Waals surface area contributed by atoms with Gasteiger partial charge >= 0.3 is 0 Å². The normalized spacial score (nSPS) is 11.1. The Morgan fingerprint density at radius 1 is 1.33 bits per heavy atom. The van der Waals surface area contributed by atoms with Crippen molar-refractivity contribution in [3.8, 4) is 11.3 Å². The molecule has 0 fully saturated rings. The van der Waals surface area contributed by atoms with Crippen molar-refractivity contribution < 1.29 is 13.9 Å². The van der Waals surface area contributed by atoms with Gasteiger partial charge in [-0.05, 0) is 32.0 Å². The number of nitrogens with zero attached hydrogens (tertiary/aromatic N) is 4. The zero-order valence-electron chi connectivity index (χ0n) is 15.4. The van der Waals surface area contributed by atoms with Crippen LogP contribution in [0.15, 0.2) is 53.6 Å². The van der Waals surface area contributed by atoms with Gasteiger partial charge in [-0.2, -0.15) is 0 Å². The number of hydrogen-bond acceptors (Lipinski definition) is 4. The quantitative estimate of drug-likeness (QED) is 0.566. The van der Waals surface area contributed by atoms with Gasteiger partial charge in [-0.15, -0.1) is 0 Å². The van der Waals surface area contributed by atoms with E-state index in [1.807, 2.05) is 60.6 Å². The van der Waals surface area contributed by atoms with Crippen molar-refractivity contribution in [1.82, 2.24) is 19.9 Å². The summed E-state index contributed by atoms with van der Waals surface area (Å²) in [6.45, 7) is 4.24. The Morgan fingerprint density at radius 3 is 2.93 bits per heavy atom. The lowest BCUT2D eigenvalue weighted by Crippen LogP contribution is -2.29. The third-order valence-electron chi connectivity index (χ3n) is 4.52. The molecule has 1 N–H and O–H groups in total. The average Bonchev–Trinajstić information content (AvgIpc) is 3.21. The van der Waals surface area contributed by atoms with Crippen LogP contribution >= 0.6 is 0 Å². The summed E-state index contributed by atoms with van der Waals surface area (Å²) in [5.41, 5.74) is 4.94. The predicted molar refractivity (Wildman–Crippen MR) is 99.0 cm³/mol. The molecule has 7 heteroatoms. The third kappa shape index (κ3) is 3.19. The first-order valence-corrected chi connectivity index (χ1v) is 8.65. The third-order valence-corrected chi connectivity index (χ3v) is 4.52. The molecule has 4 aromatic rings. The summed E-state index contributed by atoms with van der Waals surface area (Å²) in [4.78, 5) is 17.0. The highest BCUT2D eigenvalue weighted by Crippen LogP contribution is 2.27. The van der Waals surface area contributed by atoms with Gasteiger partial charge in [0, 0.05) is 29.9 Å². The van der Waals surface area contributed by atoms with Crippen molar-refractivity contribution in [2.45, 2.75) is 20.4 Å². The topological polar surface area (TPSA) is 76.3 Å². The van der Waals surface area contributed by atoms with Gasteiger partial charge in [0.15, 0.2) is 12.4 Å². The van der Waals surface area contributed by atoms with Crippen molar-refractivity contribution >= 4 is 11.6 Å². The summed E-state index contributed by atoms with van der Waals surface area (Å²) in [7, 11) is 1.95. The van der Waals surface area contributed by atoms with Gasteiger partial charge in [0.2, 0.25) is 0 Å². The van der Waals surface area contributed by atoms with Crippen LogP contribution in [-0.2, 0) is 13.6 Å². The van der Waals surface area contributed by atoms with Gasteiger partial charge in [-0.1, -0.05) is 5.16 Å². The van der Waals surface area contributed by atoms with E-state index in [0.717, 1.165) is 28.3 Å². The number of amides is 1. The first kappa shape index (κ1) is 17.0. The molecule has 0 aromatic carbocycles. The summed E-state index contributed by atoms with van der Waals surface area (Å²) >= 11 is 0. The Labute approximate surface area is 156 Å². The Hall–Kier alpha value is -3.48. The minimum absolute atomic E-state index is 0.133. The molecule has 0 saturated carbocycles. The van der Waals surface area contributed by atoms with E-state index in [1.165, 1.54) is 0 Å². The molecule has 0 atom stereocenters. The van der Waals surface area contributed by atoms with E-state index < -0.39 is 0 Å². The maximum atomic E-state index is 12.5. The fourth-order valence-corrected chi connectivity index (χ4v) is 3.19. The summed E-state index contributed by atoms with van der Waals surface area (Å²) in [5, 5.41) is 6.95. The number of pyridine rings is 2. The standard InChI is InChI=1S/C20H19N5O2/c1-13-19(14(2)27-23-13)17-11-21-18-9-16(6-8-25(17)18)20(26)22-10-15-5-4-7-24(3)12-15/h4-9,11-12H,10H2,1-3H3/p+1. The number of carbonyl (C=O) groups excluding carboxylic acids is 1. The maximum Gasteiger partial charge on any atom is 0.251 e. The van der Waals surface area contributed by atoms with Crippen LogP contribution in [0.3, 0.4) is 0 Å². The first-order valence-electron chi connectivity index (χ1n) is 8.65. The van der Waals surface area contributed by atoms with Crippen molar-refractivity contribution in [1.29, 1.82) is 0 Å². The van der Waals surface area contributed by atoms with Crippen LogP contribution in [0.2, 0.25) is 0 Å². The number of nitrogens with one attached hydrogen (secondary N) is 1. The minimum atomic E-state index is -0.133. The maximum absolute atomic E-state index is 12.5. The number of hydrogen-bond donors (Lipinski definition) is 1. The van der Waals surface area contributed by atoms with Crippen LogP contribution in [0.25, 0.3) is 16.9 Å². The molecule has 0 radical (unpaired) electrons. The van der Waals surface area contributed by atoms with E-state index in [0.29, 0.717) is 17.8 Å². The highest BCUT2D eigenvalue weighted by Gasteiger charge is 2.16. The largest absolute Gasteiger partial charge is 0.361 e. The monoisotopic (exact) mass is 362 g/mol. The van der Waals surface area contributed by atoms with Crippen molar-refractivity contribution in [3.05, 3.63) is 71.6 Å². The van der Waals surface area contributed by atoms with E-state index in [1.54, 1.807) is 18.3 Å². The number of imidazole rings is 1.